The first-order chi connectivity index (χ1) is 9.17. The third kappa shape index (κ3) is 2.79. The van der Waals surface area contributed by atoms with E-state index in [1.54, 1.807) is 13.2 Å². The number of ether oxygens (including phenoxy) is 2. The average molecular weight is 321 g/mol. The number of hydrogen-bond donors (Lipinski definition) is 0. The quantitative estimate of drug-likeness (QED) is 0.804. The molecular formula is C15H13BrO3. The van der Waals surface area contributed by atoms with Gasteiger partial charge < -0.3 is 9.47 Å². The molecule has 2 aromatic carbocycles. The lowest BCUT2D eigenvalue weighted by Gasteiger charge is -2.13. The van der Waals surface area contributed by atoms with Crippen LogP contribution in [0.25, 0.3) is 11.1 Å². The highest BCUT2D eigenvalue weighted by Gasteiger charge is 2.18. The van der Waals surface area contributed by atoms with Gasteiger partial charge in [0, 0.05) is 10.0 Å². The number of benzene rings is 2. The molecule has 0 fully saturated rings. The van der Waals surface area contributed by atoms with E-state index in [1.807, 2.05) is 36.4 Å². The van der Waals surface area contributed by atoms with Crippen molar-refractivity contribution in [1.82, 2.24) is 0 Å². The molecule has 0 saturated carbocycles. The molecule has 3 nitrogen and oxygen atoms in total. The van der Waals surface area contributed by atoms with Crippen molar-refractivity contribution in [3.63, 3.8) is 0 Å². The molecule has 0 amide bonds. The summed E-state index contributed by atoms with van der Waals surface area (Å²) in [5.74, 6) is 0.0941. The van der Waals surface area contributed by atoms with Crippen molar-refractivity contribution in [2.24, 2.45) is 0 Å². The largest absolute Gasteiger partial charge is 0.495 e. The van der Waals surface area contributed by atoms with Gasteiger partial charge in [0.25, 0.3) is 0 Å². The van der Waals surface area contributed by atoms with Crippen LogP contribution in [-0.4, -0.2) is 20.2 Å². The second-order valence-corrected chi connectivity index (χ2v) is 4.81. The summed E-state index contributed by atoms with van der Waals surface area (Å²) in [5.41, 5.74) is 2.22. The topological polar surface area (TPSA) is 35.5 Å². The normalized spacial score (nSPS) is 10.1. The second kappa shape index (κ2) is 5.89. The maximum absolute atomic E-state index is 11.8. The SMILES string of the molecule is COC(=O)c1cc(Br)cc(-c2ccccc2)c1OC. The first-order valence-corrected chi connectivity index (χ1v) is 6.48. The van der Waals surface area contributed by atoms with Gasteiger partial charge in [0.05, 0.1) is 14.2 Å². The first-order valence-electron chi connectivity index (χ1n) is 5.68. The van der Waals surface area contributed by atoms with Crippen molar-refractivity contribution in [2.75, 3.05) is 14.2 Å². The highest BCUT2D eigenvalue weighted by atomic mass is 79.9. The Morgan fingerprint density at radius 2 is 1.79 bits per heavy atom. The van der Waals surface area contributed by atoms with Gasteiger partial charge in [-0.3, -0.25) is 0 Å². The summed E-state index contributed by atoms with van der Waals surface area (Å²) < 4.78 is 11.0. The molecule has 98 valence electrons. The van der Waals surface area contributed by atoms with Crippen LogP contribution in [0, 0.1) is 0 Å². The molecule has 0 radical (unpaired) electrons. The van der Waals surface area contributed by atoms with Gasteiger partial charge >= 0.3 is 5.97 Å². The van der Waals surface area contributed by atoms with Crippen LogP contribution in [0.15, 0.2) is 46.9 Å². The van der Waals surface area contributed by atoms with Gasteiger partial charge in [-0.2, -0.15) is 0 Å². The number of halogens is 1. The standard InChI is InChI=1S/C15H13BrO3/c1-18-14-12(10-6-4-3-5-7-10)8-11(16)9-13(14)15(17)19-2/h3-9H,1-2H3. The predicted octanol–water partition coefficient (Wildman–Crippen LogP) is 3.91. The molecule has 0 saturated heterocycles. The van der Waals surface area contributed by atoms with Crippen molar-refractivity contribution in [3.05, 3.63) is 52.5 Å². The zero-order chi connectivity index (χ0) is 13.8. The molecule has 0 aromatic heterocycles. The van der Waals surface area contributed by atoms with Crippen LogP contribution >= 0.6 is 15.9 Å². The fraction of sp³-hybridized carbons (Fsp3) is 0.133. The Morgan fingerprint density at radius 1 is 1.11 bits per heavy atom. The van der Waals surface area contributed by atoms with Gasteiger partial charge in [-0.25, -0.2) is 4.79 Å². The highest BCUT2D eigenvalue weighted by molar-refractivity contribution is 9.10. The van der Waals surface area contributed by atoms with Crippen molar-refractivity contribution < 1.29 is 14.3 Å². The molecule has 0 unspecified atom stereocenters. The minimum atomic E-state index is -0.421. The van der Waals surface area contributed by atoms with Crippen LogP contribution in [-0.2, 0) is 4.74 Å². The van der Waals surface area contributed by atoms with E-state index in [-0.39, 0.29) is 0 Å². The first kappa shape index (κ1) is 13.6. The van der Waals surface area contributed by atoms with Gasteiger partial charge in [-0.15, -0.1) is 0 Å². The third-order valence-corrected chi connectivity index (χ3v) is 3.21. The van der Waals surface area contributed by atoms with Crippen molar-refractivity contribution in [2.45, 2.75) is 0 Å². The minimum absolute atomic E-state index is 0.401. The molecule has 2 rings (SSSR count). The maximum Gasteiger partial charge on any atom is 0.341 e. The summed E-state index contributed by atoms with van der Waals surface area (Å²) in [5, 5.41) is 0. The summed E-state index contributed by atoms with van der Waals surface area (Å²) in [6.07, 6.45) is 0. The molecule has 0 spiro atoms. The van der Waals surface area contributed by atoms with E-state index in [4.69, 9.17) is 9.47 Å². The molecule has 19 heavy (non-hydrogen) atoms. The van der Waals surface area contributed by atoms with E-state index in [2.05, 4.69) is 15.9 Å². The lowest BCUT2D eigenvalue weighted by molar-refractivity contribution is 0.0597. The molecule has 0 heterocycles. The van der Waals surface area contributed by atoms with Crippen molar-refractivity contribution in [1.29, 1.82) is 0 Å². The zero-order valence-corrected chi connectivity index (χ0v) is 12.2. The lowest BCUT2D eigenvalue weighted by atomic mass is 10.0. The Bertz CT molecular complexity index is 594. The Hall–Kier alpha value is -1.81. The fourth-order valence-electron chi connectivity index (χ4n) is 1.91. The highest BCUT2D eigenvalue weighted by Crippen LogP contribution is 2.36. The summed E-state index contributed by atoms with van der Waals surface area (Å²) in [6, 6.07) is 13.4. The molecule has 0 N–H and O–H groups in total. The van der Waals surface area contributed by atoms with Crippen LogP contribution in [0.5, 0.6) is 5.75 Å². The Morgan fingerprint density at radius 3 is 2.37 bits per heavy atom. The molecule has 0 atom stereocenters. The van der Waals surface area contributed by atoms with Crippen LogP contribution in [0.4, 0.5) is 0 Å². The van der Waals surface area contributed by atoms with Gasteiger partial charge in [0.2, 0.25) is 0 Å². The maximum atomic E-state index is 11.8. The summed E-state index contributed by atoms with van der Waals surface area (Å²) in [7, 11) is 2.90. The van der Waals surface area contributed by atoms with Crippen LogP contribution in [0.3, 0.4) is 0 Å². The predicted molar refractivity (Wildman–Crippen MR) is 77.5 cm³/mol. The molecule has 0 aliphatic rings. The fourth-order valence-corrected chi connectivity index (χ4v) is 2.37. The molecule has 0 aliphatic carbocycles. The molecule has 2 aromatic rings. The van der Waals surface area contributed by atoms with Crippen LogP contribution in [0.2, 0.25) is 0 Å². The number of methoxy groups -OCH3 is 2. The van der Waals surface area contributed by atoms with Gasteiger partial charge in [0.1, 0.15) is 11.3 Å². The number of rotatable bonds is 3. The number of hydrogen-bond acceptors (Lipinski definition) is 3. The van der Waals surface area contributed by atoms with Crippen molar-refractivity contribution in [3.8, 4) is 16.9 Å². The smallest absolute Gasteiger partial charge is 0.341 e. The minimum Gasteiger partial charge on any atom is -0.495 e. The molecule has 0 aliphatic heterocycles. The molecule has 4 heteroatoms. The van der Waals surface area contributed by atoms with Gasteiger partial charge in [0.15, 0.2) is 0 Å². The van der Waals surface area contributed by atoms with E-state index in [0.29, 0.717) is 11.3 Å². The Labute approximate surface area is 120 Å². The van der Waals surface area contributed by atoms with Crippen LogP contribution in [0.1, 0.15) is 10.4 Å². The van der Waals surface area contributed by atoms with Gasteiger partial charge in [-0.05, 0) is 17.7 Å². The third-order valence-electron chi connectivity index (χ3n) is 2.75. The monoisotopic (exact) mass is 320 g/mol. The summed E-state index contributed by atoms with van der Waals surface area (Å²) >= 11 is 3.41. The van der Waals surface area contributed by atoms with Crippen LogP contribution < -0.4 is 4.74 Å². The second-order valence-electron chi connectivity index (χ2n) is 3.89. The number of esters is 1. The zero-order valence-electron chi connectivity index (χ0n) is 10.6. The summed E-state index contributed by atoms with van der Waals surface area (Å²) in [6.45, 7) is 0. The summed E-state index contributed by atoms with van der Waals surface area (Å²) in [4.78, 5) is 11.8. The number of carbonyl (C=O) groups excluding carboxylic acids is 1. The van der Waals surface area contributed by atoms with E-state index in [9.17, 15) is 4.79 Å². The average Bonchev–Trinajstić information content (AvgIpc) is 2.46. The Kier molecular flexibility index (Phi) is 4.22. The number of carbonyl (C=O) groups is 1. The Balaban J connectivity index is 2.67. The van der Waals surface area contributed by atoms with E-state index >= 15 is 0 Å². The lowest BCUT2D eigenvalue weighted by Crippen LogP contribution is -2.05. The molecule has 0 bridgehead atoms. The van der Waals surface area contributed by atoms with E-state index < -0.39 is 5.97 Å². The molecular weight excluding hydrogens is 308 g/mol. The van der Waals surface area contributed by atoms with E-state index in [0.717, 1.165) is 15.6 Å². The van der Waals surface area contributed by atoms with E-state index in [1.165, 1.54) is 7.11 Å². The van der Waals surface area contributed by atoms with Crippen molar-refractivity contribution >= 4 is 21.9 Å². The van der Waals surface area contributed by atoms with Gasteiger partial charge in [-0.1, -0.05) is 46.3 Å².